The van der Waals surface area contributed by atoms with Gasteiger partial charge in [-0.05, 0) is 19.1 Å². The van der Waals surface area contributed by atoms with Crippen LogP contribution in [0.15, 0.2) is 34.4 Å². The molecule has 0 N–H and O–H groups in total. The van der Waals surface area contributed by atoms with E-state index in [4.69, 9.17) is 9.47 Å². The maximum atomic E-state index is 12.1. The van der Waals surface area contributed by atoms with E-state index in [1.165, 1.54) is 41.0 Å². The highest BCUT2D eigenvalue weighted by molar-refractivity contribution is 7.15. The van der Waals surface area contributed by atoms with Gasteiger partial charge in [-0.1, -0.05) is 0 Å². The second kappa shape index (κ2) is 6.28. The van der Waals surface area contributed by atoms with Gasteiger partial charge in [-0.2, -0.15) is 0 Å². The number of nitrogens with zero attached hydrogens (tertiary/aromatic N) is 3. The van der Waals surface area contributed by atoms with Gasteiger partial charge in [0.05, 0.1) is 23.8 Å². The summed E-state index contributed by atoms with van der Waals surface area (Å²) in [4.78, 5) is 27.6. The summed E-state index contributed by atoms with van der Waals surface area (Å²) in [6.45, 7) is 1.78. The fraction of sp³-hybridized carbons (Fsp3) is 0.200. The first-order valence-electron chi connectivity index (χ1n) is 6.91. The molecule has 2 aromatic heterocycles. The van der Waals surface area contributed by atoms with Crippen LogP contribution in [0.2, 0.25) is 0 Å². The monoisotopic (exact) mass is 347 g/mol. The first kappa shape index (κ1) is 15.9. The Bertz CT molecular complexity index is 979. The number of nitro groups is 1. The Morgan fingerprint density at radius 1 is 1.38 bits per heavy atom. The Morgan fingerprint density at radius 2 is 2.17 bits per heavy atom. The molecule has 24 heavy (non-hydrogen) atoms. The molecule has 3 rings (SSSR count). The zero-order chi connectivity index (χ0) is 17.3. The van der Waals surface area contributed by atoms with E-state index in [1.807, 2.05) is 12.3 Å². The zero-order valence-electron chi connectivity index (χ0n) is 12.9. The number of methoxy groups -OCH3 is 1. The van der Waals surface area contributed by atoms with Gasteiger partial charge in [0.1, 0.15) is 12.4 Å². The number of hydrogen-bond acceptors (Lipinski definition) is 7. The van der Waals surface area contributed by atoms with Crippen molar-refractivity contribution < 1.29 is 14.4 Å². The van der Waals surface area contributed by atoms with Gasteiger partial charge in [0.15, 0.2) is 10.7 Å². The molecule has 0 radical (unpaired) electrons. The highest BCUT2D eigenvalue weighted by Gasteiger charge is 2.17. The first-order valence-corrected chi connectivity index (χ1v) is 7.79. The summed E-state index contributed by atoms with van der Waals surface area (Å²) in [5.74, 6) is 0.450. The standard InChI is InChI=1S/C15H13N3O5S/c1-9-8-24-15-16-10(5-14(19)17(9)15)7-23-13-4-3-11(22-2)6-12(13)18(20)21/h3-6,8H,7H2,1-2H3. The fourth-order valence-corrected chi connectivity index (χ4v) is 3.11. The van der Waals surface area contributed by atoms with Crippen molar-refractivity contribution in [1.82, 2.24) is 9.38 Å². The normalized spacial score (nSPS) is 10.8. The van der Waals surface area contributed by atoms with E-state index in [0.717, 1.165) is 5.69 Å². The molecule has 124 valence electrons. The maximum Gasteiger partial charge on any atom is 0.314 e. The molecule has 0 aliphatic rings. The minimum absolute atomic E-state index is 0.0458. The number of thiazole rings is 1. The molecule has 8 nitrogen and oxygen atoms in total. The maximum absolute atomic E-state index is 12.1. The lowest BCUT2D eigenvalue weighted by Gasteiger charge is -2.08. The quantitative estimate of drug-likeness (QED) is 0.520. The van der Waals surface area contributed by atoms with E-state index in [2.05, 4.69) is 4.98 Å². The Hall–Kier alpha value is -2.94. The average molecular weight is 347 g/mol. The largest absolute Gasteiger partial charge is 0.496 e. The Balaban J connectivity index is 1.88. The smallest absolute Gasteiger partial charge is 0.314 e. The van der Waals surface area contributed by atoms with E-state index in [-0.39, 0.29) is 23.6 Å². The molecule has 0 fully saturated rings. The van der Waals surface area contributed by atoms with Gasteiger partial charge in [0.25, 0.3) is 5.56 Å². The van der Waals surface area contributed by atoms with Crippen LogP contribution in [0.4, 0.5) is 5.69 Å². The second-order valence-corrected chi connectivity index (χ2v) is 5.80. The molecule has 9 heteroatoms. The fourth-order valence-electron chi connectivity index (χ4n) is 2.22. The van der Waals surface area contributed by atoms with Crippen LogP contribution in [-0.2, 0) is 6.61 Å². The number of aromatic nitrogens is 2. The number of benzene rings is 1. The second-order valence-electron chi connectivity index (χ2n) is 4.96. The number of fused-ring (bicyclic) bond motifs is 1. The third-order valence-corrected chi connectivity index (χ3v) is 4.31. The van der Waals surface area contributed by atoms with Crippen LogP contribution in [0, 0.1) is 17.0 Å². The number of hydrogen-bond donors (Lipinski definition) is 0. The molecule has 0 amide bonds. The summed E-state index contributed by atoms with van der Waals surface area (Å²) in [6, 6.07) is 5.67. The third-order valence-electron chi connectivity index (χ3n) is 3.37. The van der Waals surface area contributed by atoms with Crippen molar-refractivity contribution in [2.75, 3.05) is 7.11 Å². The lowest BCUT2D eigenvalue weighted by atomic mass is 10.3. The lowest BCUT2D eigenvalue weighted by molar-refractivity contribution is -0.386. The van der Waals surface area contributed by atoms with Crippen LogP contribution >= 0.6 is 11.3 Å². The van der Waals surface area contributed by atoms with Crippen molar-refractivity contribution in [2.45, 2.75) is 13.5 Å². The van der Waals surface area contributed by atoms with Crippen LogP contribution in [0.1, 0.15) is 11.4 Å². The van der Waals surface area contributed by atoms with Gasteiger partial charge in [0.2, 0.25) is 0 Å². The summed E-state index contributed by atoms with van der Waals surface area (Å²) >= 11 is 1.35. The zero-order valence-corrected chi connectivity index (χ0v) is 13.7. The van der Waals surface area contributed by atoms with Gasteiger partial charge in [-0.3, -0.25) is 19.3 Å². The molecule has 0 saturated heterocycles. The van der Waals surface area contributed by atoms with Crippen molar-refractivity contribution in [3.8, 4) is 11.5 Å². The van der Waals surface area contributed by atoms with Gasteiger partial charge in [0, 0.05) is 17.1 Å². The minimum atomic E-state index is -0.550. The molecule has 0 saturated carbocycles. The molecule has 0 unspecified atom stereocenters. The molecular weight excluding hydrogens is 334 g/mol. The van der Waals surface area contributed by atoms with Crippen LogP contribution < -0.4 is 15.0 Å². The van der Waals surface area contributed by atoms with E-state index >= 15 is 0 Å². The minimum Gasteiger partial charge on any atom is -0.496 e. The van der Waals surface area contributed by atoms with Crippen molar-refractivity contribution in [1.29, 1.82) is 0 Å². The highest BCUT2D eigenvalue weighted by Crippen LogP contribution is 2.31. The van der Waals surface area contributed by atoms with Gasteiger partial charge in [-0.25, -0.2) is 4.98 Å². The SMILES string of the molecule is COc1ccc(OCc2cc(=O)n3c(C)csc3n2)c([N+](=O)[O-])c1. The molecule has 0 spiro atoms. The number of rotatable bonds is 5. The summed E-state index contributed by atoms with van der Waals surface area (Å²) < 4.78 is 12.0. The van der Waals surface area contributed by atoms with Crippen molar-refractivity contribution in [3.63, 3.8) is 0 Å². The molecule has 1 aromatic carbocycles. The molecule has 0 aliphatic heterocycles. The summed E-state index contributed by atoms with van der Waals surface area (Å²) in [7, 11) is 1.43. The van der Waals surface area contributed by atoms with Crippen LogP contribution in [-0.4, -0.2) is 21.4 Å². The average Bonchev–Trinajstić information content (AvgIpc) is 2.94. The number of aryl methyl sites for hydroxylation is 1. The van der Waals surface area contributed by atoms with Gasteiger partial charge in [-0.15, -0.1) is 11.3 Å². The Kier molecular flexibility index (Phi) is 4.17. The molecular formula is C15H13N3O5S. The molecule has 2 heterocycles. The summed E-state index contributed by atoms with van der Waals surface area (Å²) in [6.07, 6.45) is 0. The lowest BCUT2D eigenvalue weighted by Crippen LogP contribution is -2.16. The third kappa shape index (κ3) is 2.93. The molecule has 0 atom stereocenters. The van der Waals surface area contributed by atoms with E-state index in [0.29, 0.717) is 16.4 Å². The van der Waals surface area contributed by atoms with Crippen LogP contribution in [0.5, 0.6) is 11.5 Å². The van der Waals surface area contributed by atoms with E-state index in [9.17, 15) is 14.9 Å². The highest BCUT2D eigenvalue weighted by atomic mass is 32.1. The van der Waals surface area contributed by atoms with Gasteiger partial charge < -0.3 is 9.47 Å². The Morgan fingerprint density at radius 3 is 2.88 bits per heavy atom. The van der Waals surface area contributed by atoms with Crippen molar-refractivity contribution in [3.05, 3.63) is 61.5 Å². The molecule has 0 aliphatic carbocycles. The first-order chi connectivity index (χ1) is 11.5. The van der Waals surface area contributed by atoms with Crippen molar-refractivity contribution in [2.24, 2.45) is 0 Å². The summed E-state index contributed by atoms with van der Waals surface area (Å²) in [5, 5.41) is 13.0. The topological polar surface area (TPSA) is 96.0 Å². The number of nitro benzene ring substituents is 1. The van der Waals surface area contributed by atoms with E-state index < -0.39 is 4.92 Å². The van der Waals surface area contributed by atoms with Crippen LogP contribution in [0.25, 0.3) is 4.96 Å². The van der Waals surface area contributed by atoms with Gasteiger partial charge >= 0.3 is 5.69 Å². The number of ether oxygens (including phenoxy) is 2. The molecule has 0 bridgehead atoms. The van der Waals surface area contributed by atoms with Crippen LogP contribution in [0.3, 0.4) is 0 Å². The predicted molar refractivity (Wildman–Crippen MR) is 88.1 cm³/mol. The molecule has 3 aromatic rings. The van der Waals surface area contributed by atoms with Crippen molar-refractivity contribution >= 4 is 22.0 Å². The Labute approximate surface area is 140 Å². The summed E-state index contributed by atoms with van der Waals surface area (Å²) in [5.41, 5.74) is 0.804. The predicted octanol–water partition coefficient (Wildman–Crippen LogP) is 2.56. The van der Waals surface area contributed by atoms with E-state index in [1.54, 1.807) is 6.07 Å².